The van der Waals surface area contributed by atoms with E-state index >= 15 is 0 Å². The maximum atomic E-state index is 13.1. The van der Waals surface area contributed by atoms with Gasteiger partial charge in [-0.05, 0) is 56.2 Å². The van der Waals surface area contributed by atoms with Gasteiger partial charge in [-0.25, -0.2) is 9.97 Å². The second-order valence-corrected chi connectivity index (χ2v) is 7.69. The summed E-state index contributed by atoms with van der Waals surface area (Å²) in [7, 11) is 0. The molecule has 0 saturated heterocycles. The molecule has 3 heterocycles. The molecule has 0 radical (unpaired) electrons. The number of hydrogen-bond donors (Lipinski definition) is 0. The molecule has 1 spiro atoms. The third-order valence-electron chi connectivity index (χ3n) is 5.80. The molecule has 2 aromatic rings. The molecule has 2 fully saturated rings. The summed E-state index contributed by atoms with van der Waals surface area (Å²) in [6.07, 6.45) is 8.96. The average Bonchev–Trinajstić information content (AvgIpc) is 3.42. The minimum atomic E-state index is -0.374. The van der Waals surface area contributed by atoms with Crippen molar-refractivity contribution in [3.8, 4) is 5.88 Å². The van der Waals surface area contributed by atoms with Gasteiger partial charge in [-0.15, -0.1) is 0 Å². The normalized spacial score (nSPS) is 26.0. The van der Waals surface area contributed by atoms with Crippen LogP contribution in [0.1, 0.15) is 44.1 Å². The predicted molar refractivity (Wildman–Crippen MR) is 96.3 cm³/mol. The zero-order valence-electron chi connectivity index (χ0n) is 14.3. The number of carbonyl (C=O) groups is 1. The van der Waals surface area contributed by atoms with Crippen LogP contribution in [-0.2, 0) is 10.2 Å². The van der Waals surface area contributed by atoms with Crippen molar-refractivity contribution in [3.05, 3.63) is 41.4 Å². The standard InChI is InChI=1S/C19H19ClN4O2/c20-18-22-11-14-16(23-18)24(17(25)19(14)8-9-19)12-4-6-13(7-5-12)26-15-3-1-2-10-21-15/h1-3,10-13H,4-9H2. The minimum Gasteiger partial charge on any atom is -0.474 e. The van der Waals surface area contributed by atoms with Gasteiger partial charge in [-0.3, -0.25) is 9.69 Å². The number of hydrogen-bond acceptors (Lipinski definition) is 5. The quantitative estimate of drug-likeness (QED) is 0.775. The molecule has 2 aromatic heterocycles. The van der Waals surface area contributed by atoms with E-state index in [1.54, 1.807) is 12.4 Å². The molecule has 2 saturated carbocycles. The second-order valence-electron chi connectivity index (χ2n) is 7.35. The van der Waals surface area contributed by atoms with Crippen molar-refractivity contribution in [1.29, 1.82) is 0 Å². The van der Waals surface area contributed by atoms with E-state index in [0.29, 0.717) is 5.88 Å². The van der Waals surface area contributed by atoms with E-state index in [1.165, 1.54) is 0 Å². The number of pyridine rings is 1. The summed E-state index contributed by atoms with van der Waals surface area (Å²) in [6, 6.07) is 5.82. The first-order valence-corrected chi connectivity index (χ1v) is 9.49. The molecular weight excluding hydrogens is 352 g/mol. The highest BCUT2D eigenvalue weighted by atomic mass is 35.5. The number of amides is 1. The van der Waals surface area contributed by atoms with Crippen molar-refractivity contribution < 1.29 is 9.53 Å². The number of aromatic nitrogens is 3. The van der Waals surface area contributed by atoms with Crippen LogP contribution in [-0.4, -0.2) is 33.0 Å². The van der Waals surface area contributed by atoms with Gasteiger partial charge < -0.3 is 4.74 Å². The summed E-state index contributed by atoms with van der Waals surface area (Å²) >= 11 is 6.02. The minimum absolute atomic E-state index is 0.141. The van der Waals surface area contributed by atoms with Crippen LogP contribution < -0.4 is 9.64 Å². The lowest BCUT2D eigenvalue weighted by Gasteiger charge is -2.34. The smallest absolute Gasteiger partial charge is 0.239 e. The fraction of sp³-hybridized carbons (Fsp3) is 0.474. The topological polar surface area (TPSA) is 68.2 Å². The van der Waals surface area contributed by atoms with Crippen LogP contribution in [0.5, 0.6) is 5.88 Å². The molecule has 134 valence electrons. The molecule has 0 unspecified atom stereocenters. The summed E-state index contributed by atoms with van der Waals surface area (Å²) in [5.74, 6) is 1.56. The van der Waals surface area contributed by atoms with Crippen molar-refractivity contribution in [2.75, 3.05) is 4.90 Å². The van der Waals surface area contributed by atoms with Gasteiger partial charge in [0, 0.05) is 30.1 Å². The van der Waals surface area contributed by atoms with E-state index in [1.807, 2.05) is 23.1 Å². The van der Waals surface area contributed by atoms with E-state index in [-0.39, 0.29) is 28.8 Å². The molecule has 7 heteroatoms. The Morgan fingerprint density at radius 3 is 2.65 bits per heavy atom. The van der Waals surface area contributed by atoms with Crippen LogP contribution in [0.25, 0.3) is 0 Å². The molecule has 0 bridgehead atoms. The number of rotatable bonds is 3. The van der Waals surface area contributed by atoms with E-state index in [2.05, 4.69) is 15.0 Å². The number of nitrogens with zero attached hydrogens (tertiary/aromatic N) is 4. The first-order chi connectivity index (χ1) is 12.7. The van der Waals surface area contributed by atoms with Gasteiger partial charge in [-0.1, -0.05) is 6.07 Å². The summed E-state index contributed by atoms with van der Waals surface area (Å²) < 4.78 is 5.97. The van der Waals surface area contributed by atoms with Crippen molar-refractivity contribution >= 4 is 23.3 Å². The monoisotopic (exact) mass is 370 g/mol. The van der Waals surface area contributed by atoms with Crippen LogP contribution in [0, 0.1) is 0 Å². The van der Waals surface area contributed by atoms with E-state index in [4.69, 9.17) is 16.3 Å². The summed E-state index contributed by atoms with van der Waals surface area (Å²) in [4.78, 5) is 27.7. The van der Waals surface area contributed by atoms with Crippen LogP contribution in [0.3, 0.4) is 0 Å². The first kappa shape index (κ1) is 16.0. The first-order valence-electron chi connectivity index (χ1n) is 9.12. The van der Waals surface area contributed by atoms with Crippen LogP contribution in [0.2, 0.25) is 5.28 Å². The van der Waals surface area contributed by atoms with Gasteiger partial charge in [0.2, 0.25) is 17.1 Å². The fourth-order valence-corrected chi connectivity index (χ4v) is 4.40. The number of fused-ring (bicyclic) bond motifs is 2. The number of carbonyl (C=O) groups excluding carboxylic acids is 1. The molecule has 1 aliphatic heterocycles. The van der Waals surface area contributed by atoms with E-state index in [9.17, 15) is 4.79 Å². The van der Waals surface area contributed by atoms with Crippen molar-refractivity contribution in [2.45, 2.75) is 56.1 Å². The Hall–Kier alpha value is -2.21. The zero-order valence-corrected chi connectivity index (χ0v) is 15.0. The molecule has 2 aliphatic carbocycles. The highest BCUT2D eigenvalue weighted by molar-refractivity contribution is 6.28. The van der Waals surface area contributed by atoms with Gasteiger partial charge in [0.25, 0.3) is 0 Å². The molecule has 1 amide bonds. The maximum absolute atomic E-state index is 13.1. The maximum Gasteiger partial charge on any atom is 0.239 e. The van der Waals surface area contributed by atoms with Crippen molar-refractivity contribution in [1.82, 2.24) is 15.0 Å². The fourth-order valence-electron chi connectivity index (χ4n) is 4.27. The molecular formula is C19H19ClN4O2. The van der Waals surface area contributed by atoms with Gasteiger partial charge in [-0.2, -0.15) is 4.98 Å². The summed E-state index contributed by atoms with van der Waals surface area (Å²) in [6.45, 7) is 0. The molecule has 0 aromatic carbocycles. The number of ether oxygens (including phenoxy) is 1. The predicted octanol–water partition coefficient (Wildman–Crippen LogP) is 3.29. The van der Waals surface area contributed by atoms with Gasteiger partial charge in [0.15, 0.2) is 0 Å². The zero-order chi connectivity index (χ0) is 17.7. The SMILES string of the molecule is O=C1N(C2CCC(Oc3ccccn3)CC2)c2nc(Cl)ncc2C12CC2. The Labute approximate surface area is 156 Å². The lowest BCUT2D eigenvalue weighted by Crippen LogP contribution is -2.44. The number of halogens is 1. The lowest BCUT2D eigenvalue weighted by molar-refractivity contribution is -0.120. The Kier molecular flexibility index (Phi) is 3.64. The number of anilines is 1. The molecule has 0 N–H and O–H groups in total. The lowest BCUT2D eigenvalue weighted by atomic mass is 9.91. The Bertz CT molecular complexity index is 848. The van der Waals surface area contributed by atoms with Crippen LogP contribution in [0.15, 0.2) is 30.6 Å². The molecule has 5 rings (SSSR count). The third kappa shape index (κ3) is 2.47. The van der Waals surface area contributed by atoms with E-state index in [0.717, 1.165) is 49.9 Å². The van der Waals surface area contributed by atoms with Gasteiger partial charge >= 0.3 is 0 Å². The molecule has 3 aliphatic rings. The summed E-state index contributed by atoms with van der Waals surface area (Å²) in [5, 5.41) is 0.200. The van der Waals surface area contributed by atoms with Crippen LogP contribution >= 0.6 is 11.6 Å². The Morgan fingerprint density at radius 2 is 1.96 bits per heavy atom. The van der Waals surface area contributed by atoms with E-state index < -0.39 is 0 Å². The Balaban J connectivity index is 1.33. The molecule has 0 atom stereocenters. The Morgan fingerprint density at radius 1 is 1.15 bits per heavy atom. The van der Waals surface area contributed by atoms with Gasteiger partial charge in [0.1, 0.15) is 11.9 Å². The van der Waals surface area contributed by atoms with Gasteiger partial charge in [0.05, 0.1) is 5.41 Å². The largest absolute Gasteiger partial charge is 0.474 e. The second kappa shape index (κ2) is 5.91. The highest BCUT2D eigenvalue weighted by Crippen LogP contribution is 2.57. The average molecular weight is 371 g/mol. The molecule has 26 heavy (non-hydrogen) atoms. The van der Waals surface area contributed by atoms with Crippen molar-refractivity contribution in [3.63, 3.8) is 0 Å². The van der Waals surface area contributed by atoms with Crippen LogP contribution in [0.4, 0.5) is 5.82 Å². The third-order valence-corrected chi connectivity index (χ3v) is 5.98. The summed E-state index contributed by atoms with van der Waals surface area (Å²) in [5.41, 5.74) is 0.583. The van der Waals surface area contributed by atoms with Crippen molar-refractivity contribution in [2.24, 2.45) is 0 Å². The molecule has 6 nitrogen and oxygen atoms in total. The highest BCUT2D eigenvalue weighted by Gasteiger charge is 2.61.